The molecule has 5 heteroatoms. The zero-order valence-corrected chi connectivity index (χ0v) is 7.38. The first-order valence-electron chi connectivity index (χ1n) is 3.91. The zero-order chi connectivity index (χ0) is 10.8. The van der Waals surface area contributed by atoms with E-state index in [9.17, 15) is 18.1 Å². The zero-order valence-electron chi connectivity index (χ0n) is 7.38. The van der Waals surface area contributed by atoms with Crippen molar-refractivity contribution in [1.82, 2.24) is 0 Å². The Morgan fingerprint density at radius 3 is 2.07 bits per heavy atom. The first-order chi connectivity index (χ1) is 6.45. The molecule has 14 heavy (non-hydrogen) atoms. The van der Waals surface area contributed by atoms with Crippen LogP contribution in [-0.2, 0) is 0 Å². The number of hydrogen-bond acceptors (Lipinski definition) is 2. The van der Waals surface area contributed by atoms with Crippen LogP contribution in [0.1, 0.15) is 17.2 Å². The molecular weight excluding hydrogens is 195 g/mol. The Morgan fingerprint density at radius 1 is 1.21 bits per heavy atom. The minimum atomic E-state index is -4.61. The maximum atomic E-state index is 12.2. The van der Waals surface area contributed by atoms with Crippen LogP contribution < -0.4 is 0 Å². The highest BCUT2D eigenvalue weighted by Gasteiger charge is 2.42. The van der Waals surface area contributed by atoms with Crippen LogP contribution in [0.3, 0.4) is 0 Å². The Balaban J connectivity index is 3.02. The lowest BCUT2D eigenvalue weighted by Crippen LogP contribution is -2.18. The fraction of sp³-hybridized carbons (Fsp3) is 0.333. The molecule has 0 amide bonds. The van der Waals surface area contributed by atoms with Crippen LogP contribution in [0.5, 0.6) is 0 Å². The second-order valence-corrected chi connectivity index (χ2v) is 2.96. The lowest BCUT2D eigenvalue weighted by Gasteiger charge is -2.13. The lowest BCUT2D eigenvalue weighted by atomic mass is 10.1. The van der Waals surface area contributed by atoms with Gasteiger partial charge in [0.25, 0.3) is 0 Å². The van der Waals surface area contributed by atoms with Gasteiger partial charge in [-0.1, -0.05) is 35.0 Å². The Kier molecular flexibility index (Phi) is 2.88. The first-order valence-corrected chi connectivity index (χ1v) is 3.91. The Hall–Kier alpha value is -1.39. The Morgan fingerprint density at radius 2 is 1.71 bits per heavy atom. The topological polar surface area (TPSA) is 29.4 Å². The smallest absolute Gasteiger partial charge is 0.168 e. The van der Waals surface area contributed by atoms with Crippen molar-refractivity contribution in [3.05, 3.63) is 40.3 Å². The molecule has 0 fully saturated rings. The number of alkyl halides is 3. The molecule has 2 nitrogen and oxygen atoms in total. The number of benzene rings is 1. The second-order valence-electron chi connectivity index (χ2n) is 2.96. The molecule has 0 aliphatic heterocycles. The van der Waals surface area contributed by atoms with Crippen LogP contribution >= 0.6 is 0 Å². The fourth-order valence-electron chi connectivity index (χ4n) is 1.06. The van der Waals surface area contributed by atoms with Gasteiger partial charge in [0.15, 0.2) is 0 Å². The summed E-state index contributed by atoms with van der Waals surface area (Å²) < 4.78 is 36.6. The number of rotatable bonds is 2. The number of nitroso groups, excluding NO2 is 1. The van der Waals surface area contributed by atoms with Crippen molar-refractivity contribution in [3.63, 3.8) is 0 Å². The minimum Gasteiger partial charge on any atom is -0.168 e. The van der Waals surface area contributed by atoms with E-state index in [0.717, 1.165) is 5.56 Å². The highest BCUT2D eigenvalue weighted by molar-refractivity contribution is 5.25. The monoisotopic (exact) mass is 203 g/mol. The largest absolute Gasteiger partial charge is 0.418 e. The first kappa shape index (κ1) is 10.7. The van der Waals surface area contributed by atoms with Crippen molar-refractivity contribution >= 4 is 0 Å². The van der Waals surface area contributed by atoms with E-state index in [-0.39, 0.29) is 5.56 Å². The number of aryl methyl sites for hydroxylation is 1. The Bertz CT molecular complexity index is 318. The molecular formula is C9H8F3NO. The highest BCUT2D eigenvalue weighted by Crippen LogP contribution is 2.35. The molecule has 0 aromatic heterocycles. The predicted octanol–water partition coefficient (Wildman–Crippen LogP) is 3.36. The summed E-state index contributed by atoms with van der Waals surface area (Å²) in [5, 5.41) is 2.08. The SMILES string of the molecule is Cc1ccc(C(N=O)C(F)(F)F)cc1. The molecule has 0 heterocycles. The number of nitrogens with zero attached hydrogens (tertiary/aromatic N) is 1. The normalized spacial score (nSPS) is 13.7. The summed E-state index contributed by atoms with van der Waals surface area (Å²) in [4.78, 5) is 10.1. The summed E-state index contributed by atoms with van der Waals surface area (Å²) in [6, 6.07) is 3.28. The molecule has 0 aliphatic carbocycles. The van der Waals surface area contributed by atoms with Gasteiger partial charge in [-0.2, -0.15) is 13.2 Å². The van der Waals surface area contributed by atoms with Crippen molar-refractivity contribution in [3.8, 4) is 0 Å². The van der Waals surface area contributed by atoms with E-state index >= 15 is 0 Å². The van der Waals surface area contributed by atoms with Crippen molar-refractivity contribution in [2.24, 2.45) is 5.18 Å². The van der Waals surface area contributed by atoms with Crippen LogP contribution in [0.4, 0.5) is 13.2 Å². The average Bonchev–Trinajstić information content (AvgIpc) is 2.07. The molecule has 1 aromatic carbocycles. The third kappa shape index (κ3) is 2.31. The van der Waals surface area contributed by atoms with Crippen LogP contribution in [0, 0.1) is 11.8 Å². The molecule has 1 atom stereocenters. The van der Waals surface area contributed by atoms with E-state index in [1.807, 2.05) is 0 Å². The third-order valence-electron chi connectivity index (χ3n) is 1.81. The van der Waals surface area contributed by atoms with Gasteiger partial charge < -0.3 is 0 Å². The number of hydrogen-bond donors (Lipinski definition) is 0. The molecule has 0 saturated heterocycles. The molecule has 1 unspecified atom stereocenters. The number of halogens is 3. The van der Waals surface area contributed by atoms with Gasteiger partial charge in [-0.15, -0.1) is 4.91 Å². The molecule has 0 N–H and O–H groups in total. The highest BCUT2D eigenvalue weighted by atomic mass is 19.4. The molecule has 0 radical (unpaired) electrons. The van der Waals surface area contributed by atoms with E-state index in [0.29, 0.717) is 0 Å². The summed E-state index contributed by atoms with van der Waals surface area (Å²) in [5.41, 5.74) is 0.707. The van der Waals surface area contributed by atoms with Crippen LogP contribution in [-0.4, -0.2) is 6.18 Å². The second kappa shape index (κ2) is 3.77. The molecule has 76 valence electrons. The summed E-state index contributed by atoms with van der Waals surface area (Å²) in [6.45, 7) is 1.75. The van der Waals surface area contributed by atoms with Crippen LogP contribution in [0.2, 0.25) is 0 Å². The van der Waals surface area contributed by atoms with Crippen LogP contribution in [0.15, 0.2) is 29.4 Å². The minimum absolute atomic E-state index is 0.127. The van der Waals surface area contributed by atoms with E-state index in [2.05, 4.69) is 5.18 Å². The van der Waals surface area contributed by atoms with Gasteiger partial charge in [0.2, 0.25) is 6.04 Å². The molecule has 0 spiro atoms. The summed E-state index contributed by atoms with van der Waals surface area (Å²) in [7, 11) is 0. The summed E-state index contributed by atoms with van der Waals surface area (Å²) >= 11 is 0. The van der Waals surface area contributed by atoms with E-state index in [1.54, 1.807) is 6.92 Å². The molecule has 0 aliphatic rings. The molecule has 1 aromatic rings. The van der Waals surface area contributed by atoms with Gasteiger partial charge in [0.05, 0.1) is 0 Å². The standard InChI is InChI=1S/C9H8F3NO/c1-6-2-4-7(5-3-6)8(13-14)9(10,11)12/h2-5,8H,1H3. The van der Waals surface area contributed by atoms with Gasteiger partial charge in [-0.3, -0.25) is 0 Å². The van der Waals surface area contributed by atoms with Gasteiger partial charge in [-0.05, 0) is 12.5 Å². The van der Waals surface area contributed by atoms with E-state index < -0.39 is 12.2 Å². The van der Waals surface area contributed by atoms with Crippen LogP contribution in [0.25, 0.3) is 0 Å². The van der Waals surface area contributed by atoms with E-state index in [1.165, 1.54) is 24.3 Å². The van der Waals surface area contributed by atoms with Crippen molar-refractivity contribution in [2.45, 2.75) is 19.1 Å². The van der Waals surface area contributed by atoms with Gasteiger partial charge in [-0.25, -0.2) is 0 Å². The predicted molar refractivity (Wildman–Crippen MR) is 45.8 cm³/mol. The summed E-state index contributed by atoms with van der Waals surface area (Å²) in [5.74, 6) is 0. The third-order valence-corrected chi connectivity index (χ3v) is 1.81. The molecule has 1 rings (SSSR count). The maximum Gasteiger partial charge on any atom is 0.418 e. The van der Waals surface area contributed by atoms with Crippen molar-refractivity contribution in [2.75, 3.05) is 0 Å². The Labute approximate surface area is 78.7 Å². The van der Waals surface area contributed by atoms with Gasteiger partial charge in [0, 0.05) is 0 Å². The van der Waals surface area contributed by atoms with Gasteiger partial charge >= 0.3 is 6.18 Å². The quantitative estimate of drug-likeness (QED) is 0.677. The fourth-order valence-corrected chi connectivity index (χ4v) is 1.06. The van der Waals surface area contributed by atoms with Crippen molar-refractivity contribution < 1.29 is 13.2 Å². The molecule has 0 saturated carbocycles. The maximum absolute atomic E-state index is 12.2. The van der Waals surface area contributed by atoms with E-state index in [4.69, 9.17) is 0 Å². The van der Waals surface area contributed by atoms with Crippen molar-refractivity contribution in [1.29, 1.82) is 0 Å². The van der Waals surface area contributed by atoms with Gasteiger partial charge in [0.1, 0.15) is 0 Å². The summed E-state index contributed by atoms with van der Waals surface area (Å²) in [6.07, 6.45) is -4.61. The lowest BCUT2D eigenvalue weighted by molar-refractivity contribution is -0.148. The molecule has 0 bridgehead atoms. The average molecular weight is 203 g/mol.